The van der Waals surface area contributed by atoms with Crippen molar-refractivity contribution in [1.29, 1.82) is 0 Å². The van der Waals surface area contributed by atoms with Gasteiger partial charge in [-0.2, -0.15) is 8.78 Å². The van der Waals surface area contributed by atoms with Gasteiger partial charge in [-0.25, -0.2) is 0 Å². The maximum atomic E-state index is 13.0. The number of nitrogens with one attached hydrogen (secondary N) is 1. The number of nitrogens with zero attached hydrogens (tertiary/aromatic N) is 2. The van der Waals surface area contributed by atoms with Gasteiger partial charge in [0.25, 0.3) is 0 Å². The lowest BCUT2D eigenvalue weighted by Crippen LogP contribution is -2.45. The summed E-state index contributed by atoms with van der Waals surface area (Å²) in [6.45, 7) is 1.01. The first-order valence-electron chi connectivity index (χ1n) is 12.1. The van der Waals surface area contributed by atoms with Crippen LogP contribution >= 0.6 is 0 Å². The van der Waals surface area contributed by atoms with Crippen LogP contribution in [0, 0.1) is 5.92 Å². The topological polar surface area (TPSA) is 101 Å². The summed E-state index contributed by atoms with van der Waals surface area (Å²) in [7, 11) is 0. The fourth-order valence-electron chi connectivity index (χ4n) is 4.40. The number of aliphatic hydroxyl groups excluding tert-OH is 1. The molecule has 194 valence electrons. The van der Waals surface area contributed by atoms with E-state index in [0.29, 0.717) is 36.7 Å². The van der Waals surface area contributed by atoms with Crippen molar-refractivity contribution in [3.05, 3.63) is 53.3 Å². The third-order valence-electron chi connectivity index (χ3n) is 6.60. The number of halogens is 2. The Balaban J connectivity index is 1.46. The van der Waals surface area contributed by atoms with Gasteiger partial charge in [0.2, 0.25) is 11.8 Å². The van der Waals surface area contributed by atoms with Crippen molar-refractivity contribution < 1.29 is 33.0 Å². The SMILES string of the molecule is CC(=O)N1CC(c2ccc(OC(F)F)c(OCC3CC3)c2)C[C@@H]1C(=O)NCc1cc(C(C)O)ccn1. The number of aromatic nitrogens is 1. The van der Waals surface area contributed by atoms with Crippen LogP contribution in [0.3, 0.4) is 0 Å². The normalized spacial score (nSPS) is 20.3. The molecule has 10 heteroatoms. The Morgan fingerprint density at radius 2 is 2.00 bits per heavy atom. The van der Waals surface area contributed by atoms with Crippen LogP contribution in [0.5, 0.6) is 11.5 Å². The van der Waals surface area contributed by atoms with Gasteiger partial charge in [-0.15, -0.1) is 0 Å². The van der Waals surface area contributed by atoms with E-state index >= 15 is 0 Å². The van der Waals surface area contributed by atoms with E-state index in [-0.39, 0.29) is 35.8 Å². The number of aliphatic hydroxyl groups is 1. The molecule has 0 bridgehead atoms. The summed E-state index contributed by atoms with van der Waals surface area (Å²) in [5.41, 5.74) is 2.08. The van der Waals surface area contributed by atoms with Gasteiger partial charge in [0.05, 0.1) is 24.9 Å². The van der Waals surface area contributed by atoms with E-state index in [9.17, 15) is 23.5 Å². The first kappa shape index (κ1) is 25.8. The largest absolute Gasteiger partial charge is 0.489 e. The quantitative estimate of drug-likeness (QED) is 0.514. The molecule has 2 N–H and O–H groups in total. The van der Waals surface area contributed by atoms with Crippen LogP contribution in [0.2, 0.25) is 0 Å². The van der Waals surface area contributed by atoms with E-state index in [1.165, 1.54) is 17.9 Å². The maximum absolute atomic E-state index is 13.0. The van der Waals surface area contributed by atoms with Crippen LogP contribution in [0.4, 0.5) is 8.78 Å². The van der Waals surface area contributed by atoms with E-state index in [1.54, 1.807) is 37.4 Å². The minimum absolute atomic E-state index is 0.0305. The van der Waals surface area contributed by atoms with Crippen LogP contribution in [0.25, 0.3) is 0 Å². The average Bonchev–Trinajstić information content (AvgIpc) is 3.56. The molecule has 36 heavy (non-hydrogen) atoms. The molecule has 8 nitrogen and oxygen atoms in total. The number of pyridine rings is 1. The van der Waals surface area contributed by atoms with Crippen molar-refractivity contribution in [2.45, 2.75) is 64.3 Å². The van der Waals surface area contributed by atoms with E-state index < -0.39 is 18.8 Å². The summed E-state index contributed by atoms with van der Waals surface area (Å²) in [6.07, 6.45) is 3.40. The molecular formula is C26H31F2N3O5. The molecule has 1 aromatic heterocycles. The number of likely N-dealkylation sites (tertiary alicyclic amines) is 1. The van der Waals surface area contributed by atoms with Gasteiger partial charge in [-0.1, -0.05) is 6.07 Å². The fraction of sp³-hybridized carbons (Fsp3) is 0.500. The average molecular weight is 504 g/mol. The number of hydrogen-bond donors (Lipinski definition) is 2. The van der Waals surface area contributed by atoms with Crippen LogP contribution in [0.15, 0.2) is 36.5 Å². The standard InChI is InChI=1S/C26H31F2N3O5/c1-15(32)18-7-8-29-21(9-18)12-30-25(34)22-10-20(13-31(22)16(2)33)19-5-6-23(36-26(27)28)24(11-19)35-14-17-3-4-17/h5-9,11,15,17,20,22,26,32H,3-4,10,12-14H2,1-2H3,(H,30,34)/t15?,20?,22-/m1/s1. The summed E-state index contributed by atoms with van der Waals surface area (Å²) >= 11 is 0. The Labute approximate surface area is 208 Å². The van der Waals surface area contributed by atoms with E-state index in [0.717, 1.165) is 18.4 Å². The predicted octanol–water partition coefficient (Wildman–Crippen LogP) is 3.55. The van der Waals surface area contributed by atoms with Gasteiger partial charge < -0.3 is 24.8 Å². The highest BCUT2D eigenvalue weighted by atomic mass is 19.3. The van der Waals surface area contributed by atoms with Crippen LogP contribution in [-0.2, 0) is 16.1 Å². The summed E-state index contributed by atoms with van der Waals surface area (Å²) in [5.74, 6) is -0.0700. The molecule has 3 atom stereocenters. The Bertz CT molecular complexity index is 1090. The molecule has 0 spiro atoms. The van der Waals surface area contributed by atoms with Crippen molar-refractivity contribution >= 4 is 11.8 Å². The van der Waals surface area contributed by atoms with Crippen molar-refractivity contribution in [2.75, 3.05) is 13.2 Å². The Hall–Kier alpha value is -3.27. The van der Waals surface area contributed by atoms with Crippen molar-refractivity contribution in [3.63, 3.8) is 0 Å². The molecule has 1 saturated carbocycles. The number of carbonyl (C=O) groups is 2. The molecule has 1 saturated heterocycles. The minimum atomic E-state index is -2.97. The maximum Gasteiger partial charge on any atom is 0.387 e. The highest BCUT2D eigenvalue weighted by molar-refractivity contribution is 5.87. The third-order valence-corrected chi connectivity index (χ3v) is 6.60. The summed E-state index contributed by atoms with van der Waals surface area (Å²) in [6, 6.07) is 7.55. The number of hydrogen-bond acceptors (Lipinski definition) is 6. The molecule has 2 heterocycles. The first-order valence-corrected chi connectivity index (χ1v) is 12.1. The molecule has 2 unspecified atom stereocenters. The minimum Gasteiger partial charge on any atom is -0.489 e. The summed E-state index contributed by atoms with van der Waals surface area (Å²) in [5, 5.41) is 12.6. The van der Waals surface area contributed by atoms with Gasteiger partial charge in [0.15, 0.2) is 11.5 Å². The highest BCUT2D eigenvalue weighted by Crippen LogP contribution is 2.39. The van der Waals surface area contributed by atoms with Gasteiger partial charge in [-0.05, 0) is 67.5 Å². The third kappa shape index (κ3) is 6.48. The molecule has 2 amide bonds. The van der Waals surface area contributed by atoms with Gasteiger partial charge in [0, 0.05) is 25.6 Å². The smallest absolute Gasteiger partial charge is 0.387 e. The lowest BCUT2D eigenvalue weighted by Gasteiger charge is -2.22. The Kier molecular flexibility index (Phi) is 8.03. The van der Waals surface area contributed by atoms with Crippen LogP contribution in [-0.4, -0.2) is 52.6 Å². The molecule has 1 aliphatic heterocycles. The number of ether oxygens (including phenoxy) is 2. The lowest BCUT2D eigenvalue weighted by molar-refractivity contribution is -0.136. The summed E-state index contributed by atoms with van der Waals surface area (Å²) < 4.78 is 36.1. The monoisotopic (exact) mass is 503 g/mol. The fourth-order valence-corrected chi connectivity index (χ4v) is 4.40. The number of benzene rings is 1. The number of rotatable bonds is 10. The molecule has 2 aliphatic rings. The first-order chi connectivity index (χ1) is 17.2. The predicted molar refractivity (Wildman–Crippen MR) is 127 cm³/mol. The molecular weight excluding hydrogens is 472 g/mol. The molecule has 2 fully saturated rings. The van der Waals surface area contributed by atoms with Gasteiger partial charge in [0.1, 0.15) is 6.04 Å². The zero-order valence-electron chi connectivity index (χ0n) is 20.3. The second-order valence-corrected chi connectivity index (χ2v) is 9.43. The molecule has 1 aromatic carbocycles. The zero-order valence-corrected chi connectivity index (χ0v) is 20.3. The Morgan fingerprint density at radius 3 is 2.67 bits per heavy atom. The van der Waals surface area contributed by atoms with Crippen molar-refractivity contribution in [2.24, 2.45) is 5.92 Å². The second-order valence-electron chi connectivity index (χ2n) is 9.43. The molecule has 4 rings (SSSR count). The number of carbonyl (C=O) groups excluding carboxylic acids is 2. The second kappa shape index (κ2) is 11.2. The molecule has 1 aliphatic carbocycles. The lowest BCUT2D eigenvalue weighted by atomic mass is 9.95. The number of amides is 2. The van der Waals surface area contributed by atoms with E-state index in [1.807, 2.05) is 0 Å². The Morgan fingerprint density at radius 1 is 1.22 bits per heavy atom. The van der Waals surface area contributed by atoms with Crippen molar-refractivity contribution in [3.8, 4) is 11.5 Å². The molecule has 2 aromatic rings. The van der Waals surface area contributed by atoms with Crippen molar-refractivity contribution in [1.82, 2.24) is 15.2 Å². The van der Waals surface area contributed by atoms with E-state index in [4.69, 9.17) is 4.74 Å². The van der Waals surface area contributed by atoms with Crippen LogP contribution < -0.4 is 14.8 Å². The summed E-state index contributed by atoms with van der Waals surface area (Å²) in [4.78, 5) is 31.1. The zero-order chi connectivity index (χ0) is 25.8. The molecule has 0 radical (unpaired) electrons. The van der Waals surface area contributed by atoms with Gasteiger partial charge >= 0.3 is 6.61 Å². The van der Waals surface area contributed by atoms with Gasteiger partial charge in [-0.3, -0.25) is 14.6 Å². The van der Waals surface area contributed by atoms with E-state index in [2.05, 4.69) is 15.0 Å². The number of alkyl halides is 2. The van der Waals surface area contributed by atoms with Crippen LogP contribution in [0.1, 0.15) is 62.0 Å². The highest BCUT2D eigenvalue weighted by Gasteiger charge is 2.39.